The van der Waals surface area contributed by atoms with Gasteiger partial charge in [0.05, 0.1) is 26.2 Å². The Labute approximate surface area is 331 Å². The van der Waals surface area contributed by atoms with Gasteiger partial charge in [-0.15, -0.1) is 24.8 Å². The van der Waals surface area contributed by atoms with Gasteiger partial charge in [-0.25, -0.2) is 36.8 Å². The molecule has 53 heavy (non-hydrogen) atoms. The number of hydrogen-bond acceptors (Lipinski definition) is 12. The smallest absolute Gasteiger partial charge is 0.175 e. The molecular formula is C37H42Cl2N6O4S4. The van der Waals surface area contributed by atoms with Gasteiger partial charge in [-0.3, -0.25) is 0 Å². The lowest BCUT2D eigenvalue weighted by Crippen LogP contribution is -2.26. The van der Waals surface area contributed by atoms with Crippen LogP contribution in [0.4, 0.5) is 0 Å². The summed E-state index contributed by atoms with van der Waals surface area (Å²) in [5.74, 6) is 0.526. The lowest BCUT2D eigenvalue weighted by atomic mass is 9.99. The van der Waals surface area contributed by atoms with Gasteiger partial charge in [-0.2, -0.15) is 0 Å². The molecule has 2 N–H and O–H groups in total. The Balaban J connectivity index is 0.000000224. The Morgan fingerprint density at radius 2 is 1.13 bits per heavy atom. The summed E-state index contributed by atoms with van der Waals surface area (Å²) in [6.07, 6.45) is 7.84. The number of piperidine rings is 1. The lowest BCUT2D eigenvalue weighted by Gasteiger charge is -2.20. The van der Waals surface area contributed by atoms with Crippen LogP contribution in [0.5, 0.6) is 0 Å². The van der Waals surface area contributed by atoms with Crippen molar-refractivity contribution in [2.24, 2.45) is 0 Å². The number of thiazole rings is 2. The van der Waals surface area contributed by atoms with Crippen LogP contribution in [-0.4, -0.2) is 75.5 Å². The zero-order valence-electron chi connectivity index (χ0n) is 28.4. The standard InChI is InChI=1S/C18H19N3O2S2.C18H17N3O2S2.CH4.2ClH/c2*1-25(22,23)14-4-2-12(3-5-14)15-6-7-16-18(20-15)24-17(21-16)13-8-10-19-11-9-13;;;/h2-7,13,19H,8-11H2,1H3;2-8,19H,9-11H2,1H3;1H4;2*1H. The minimum absolute atomic E-state index is 0. The summed E-state index contributed by atoms with van der Waals surface area (Å²) in [5.41, 5.74) is 6.58. The highest BCUT2D eigenvalue weighted by Gasteiger charge is 2.20. The zero-order valence-corrected chi connectivity index (χ0v) is 33.3. The molecule has 0 spiro atoms. The summed E-state index contributed by atoms with van der Waals surface area (Å²) in [7, 11) is -6.36. The zero-order chi connectivity index (χ0) is 34.9. The molecule has 16 heteroatoms. The molecule has 10 nitrogen and oxygen atoms in total. The van der Waals surface area contributed by atoms with Gasteiger partial charge < -0.3 is 10.6 Å². The number of nitrogens with one attached hydrogen (secondary N) is 2. The number of rotatable bonds is 6. The first-order valence-electron chi connectivity index (χ1n) is 16.3. The highest BCUT2D eigenvalue weighted by atomic mass is 35.5. The third kappa shape index (κ3) is 10.1. The molecule has 0 radical (unpaired) electrons. The molecule has 0 saturated carbocycles. The second kappa shape index (κ2) is 17.9. The molecule has 2 aromatic carbocycles. The van der Waals surface area contributed by atoms with Gasteiger partial charge in [-0.1, -0.05) is 60.4 Å². The molecule has 282 valence electrons. The third-order valence-corrected chi connectivity index (χ3v) is 13.1. The van der Waals surface area contributed by atoms with E-state index < -0.39 is 19.7 Å². The maximum atomic E-state index is 11.6. The van der Waals surface area contributed by atoms with E-state index in [2.05, 4.69) is 16.7 Å². The fourth-order valence-corrected chi connectivity index (χ4v) is 9.29. The summed E-state index contributed by atoms with van der Waals surface area (Å²) in [6.45, 7) is 3.96. The van der Waals surface area contributed by atoms with Gasteiger partial charge in [0.15, 0.2) is 19.7 Å². The van der Waals surface area contributed by atoms with E-state index in [1.54, 1.807) is 71.2 Å². The second-order valence-corrected chi connectivity index (χ2v) is 18.4. The Morgan fingerprint density at radius 3 is 1.62 bits per heavy atom. The summed E-state index contributed by atoms with van der Waals surface area (Å²) >= 11 is 3.28. The van der Waals surface area contributed by atoms with Crippen molar-refractivity contribution in [3.63, 3.8) is 0 Å². The number of nitrogens with zero attached hydrogens (tertiary/aromatic N) is 4. The number of benzene rings is 2. The van der Waals surface area contributed by atoms with Crippen molar-refractivity contribution in [1.29, 1.82) is 0 Å². The first-order valence-corrected chi connectivity index (χ1v) is 21.7. The van der Waals surface area contributed by atoms with E-state index >= 15 is 0 Å². The quantitative estimate of drug-likeness (QED) is 0.170. The summed E-state index contributed by atoms with van der Waals surface area (Å²) in [5, 5.41) is 8.90. The van der Waals surface area contributed by atoms with Gasteiger partial charge >= 0.3 is 0 Å². The maximum Gasteiger partial charge on any atom is 0.175 e. The van der Waals surface area contributed by atoms with Crippen molar-refractivity contribution in [1.82, 2.24) is 30.6 Å². The highest BCUT2D eigenvalue weighted by Crippen LogP contribution is 2.33. The fourth-order valence-electron chi connectivity index (χ4n) is 5.92. The molecule has 0 unspecified atom stereocenters. The van der Waals surface area contributed by atoms with Crippen LogP contribution in [0.15, 0.2) is 88.7 Å². The molecule has 2 aliphatic heterocycles. The molecule has 0 aliphatic carbocycles. The SMILES string of the molecule is C.CS(=O)(=O)c1ccc(-c2ccc3nc(C4=CCNCC4)sc3n2)cc1.CS(=O)(=O)c1ccc(-c2ccc3nc(C4CCNCC4)sc3n2)cc1.Cl.Cl. The van der Waals surface area contributed by atoms with Crippen molar-refractivity contribution in [3.05, 3.63) is 88.9 Å². The molecule has 8 rings (SSSR count). The average Bonchev–Trinajstić information content (AvgIpc) is 3.76. The van der Waals surface area contributed by atoms with Crippen LogP contribution in [0, 0.1) is 0 Å². The van der Waals surface area contributed by atoms with Crippen LogP contribution in [0.2, 0.25) is 0 Å². The maximum absolute atomic E-state index is 11.6. The van der Waals surface area contributed by atoms with Crippen LogP contribution in [0.25, 0.3) is 48.8 Å². The second-order valence-electron chi connectivity index (χ2n) is 12.4. The summed E-state index contributed by atoms with van der Waals surface area (Å²) in [6, 6.07) is 21.5. The van der Waals surface area contributed by atoms with Gasteiger partial charge in [-0.05, 0) is 93.0 Å². The molecule has 0 atom stereocenters. The van der Waals surface area contributed by atoms with Crippen molar-refractivity contribution in [3.8, 4) is 22.5 Å². The van der Waals surface area contributed by atoms with Crippen molar-refractivity contribution in [2.45, 2.75) is 42.4 Å². The Morgan fingerprint density at radius 1 is 0.623 bits per heavy atom. The first kappa shape index (κ1) is 42.4. The number of sulfone groups is 2. The molecule has 6 heterocycles. The first-order chi connectivity index (χ1) is 24.0. The molecule has 1 saturated heterocycles. The topological polar surface area (TPSA) is 144 Å². The predicted molar refractivity (Wildman–Crippen MR) is 223 cm³/mol. The van der Waals surface area contributed by atoms with E-state index in [-0.39, 0.29) is 32.2 Å². The van der Waals surface area contributed by atoms with Gasteiger partial charge in [0.2, 0.25) is 0 Å². The predicted octanol–water partition coefficient (Wildman–Crippen LogP) is 7.85. The Kier molecular flexibility index (Phi) is 14.3. The number of aromatic nitrogens is 4. The van der Waals surface area contributed by atoms with Crippen LogP contribution < -0.4 is 10.6 Å². The van der Waals surface area contributed by atoms with E-state index in [9.17, 15) is 16.8 Å². The largest absolute Gasteiger partial charge is 0.317 e. The number of fused-ring (bicyclic) bond motifs is 2. The Hall–Kier alpha value is -3.34. The third-order valence-electron chi connectivity index (χ3n) is 8.71. The fraction of sp³-hybridized carbons (Fsp3) is 0.297. The van der Waals surface area contributed by atoms with Crippen LogP contribution in [-0.2, 0) is 19.7 Å². The average molecular weight is 834 g/mol. The summed E-state index contributed by atoms with van der Waals surface area (Å²) < 4.78 is 46.3. The monoisotopic (exact) mass is 832 g/mol. The van der Waals surface area contributed by atoms with Crippen molar-refractivity contribution >= 4 is 93.4 Å². The molecule has 0 amide bonds. The molecule has 2 aliphatic rings. The van der Waals surface area contributed by atoms with E-state index in [0.29, 0.717) is 15.7 Å². The summed E-state index contributed by atoms with van der Waals surface area (Å²) in [4.78, 5) is 21.4. The van der Waals surface area contributed by atoms with E-state index in [1.807, 2.05) is 24.3 Å². The minimum atomic E-state index is -3.19. The highest BCUT2D eigenvalue weighted by molar-refractivity contribution is 7.91. The van der Waals surface area contributed by atoms with Crippen LogP contribution in [0.3, 0.4) is 0 Å². The van der Waals surface area contributed by atoms with Gasteiger partial charge in [0, 0.05) is 36.1 Å². The van der Waals surface area contributed by atoms with Crippen LogP contribution >= 0.6 is 47.5 Å². The van der Waals surface area contributed by atoms with E-state index in [4.69, 9.17) is 19.9 Å². The van der Waals surface area contributed by atoms with Gasteiger partial charge in [0.25, 0.3) is 0 Å². The van der Waals surface area contributed by atoms with Crippen molar-refractivity contribution in [2.75, 3.05) is 38.7 Å². The van der Waals surface area contributed by atoms with Crippen LogP contribution in [0.1, 0.15) is 42.6 Å². The normalized spacial score (nSPS) is 14.9. The molecular weight excluding hydrogens is 792 g/mol. The van der Waals surface area contributed by atoms with E-state index in [0.717, 1.165) is 93.7 Å². The molecule has 0 bridgehead atoms. The Bertz CT molecular complexity index is 2430. The number of halogens is 2. The molecule has 6 aromatic rings. The van der Waals surface area contributed by atoms with Crippen molar-refractivity contribution < 1.29 is 16.8 Å². The lowest BCUT2D eigenvalue weighted by molar-refractivity contribution is 0.459. The number of hydrogen-bond donors (Lipinski definition) is 2. The van der Waals surface area contributed by atoms with Gasteiger partial charge in [0.1, 0.15) is 25.7 Å². The molecule has 4 aromatic heterocycles. The number of pyridine rings is 2. The minimum Gasteiger partial charge on any atom is -0.317 e. The van der Waals surface area contributed by atoms with E-state index in [1.165, 1.54) is 23.1 Å². The molecule has 1 fully saturated rings.